The van der Waals surface area contributed by atoms with E-state index in [9.17, 15) is 0 Å². The predicted molar refractivity (Wildman–Crippen MR) is 89.6 cm³/mol. The summed E-state index contributed by atoms with van der Waals surface area (Å²) in [5, 5.41) is 0. The van der Waals surface area contributed by atoms with Crippen LogP contribution in [0.3, 0.4) is 0 Å². The van der Waals surface area contributed by atoms with E-state index in [1.807, 2.05) is 24.3 Å². The van der Waals surface area contributed by atoms with Crippen LogP contribution in [0.4, 0.5) is 5.69 Å². The van der Waals surface area contributed by atoms with E-state index in [4.69, 9.17) is 10.5 Å². The summed E-state index contributed by atoms with van der Waals surface area (Å²) in [5.74, 6) is 0.901. The second-order valence-electron chi connectivity index (χ2n) is 6.80. The molecule has 1 aromatic rings. The van der Waals surface area contributed by atoms with Gasteiger partial charge in [-0.1, -0.05) is 32.4 Å². The van der Waals surface area contributed by atoms with Gasteiger partial charge in [-0.3, -0.25) is 4.90 Å². The number of nitrogens with zero attached hydrogens (tertiary/aromatic N) is 1. The highest BCUT2D eigenvalue weighted by atomic mass is 16.5. The van der Waals surface area contributed by atoms with Crippen LogP contribution < -0.4 is 10.5 Å². The van der Waals surface area contributed by atoms with E-state index in [2.05, 4.69) is 31.7 Å². The fourth-order valence-electron chi connectivity index (χ4n) is 2.64. The van der Waals surface area contributed by atoms with Crippen molar-refractivity contribution in [1.82, 2.24) is 4.90 Å². The van der Waals surface area contributed by atoms with Gasteiger partial charge in [-0.2, -0.15) is 0 Å². The molecule has 3 nitrogen and oxygen atoms in total. The van der Waals surface area contributed by atoms with Crippen LogP contribution in [0.2, 0.25) is 0 Å². The third kappa shape index (κ3) is 5.09. The largest absolute Gasteiger partial charge is 0.494 e. The molecule has 0 atom stereocenters. The molecule has 1 heterocycles. The fourth-order valence-corrected chi connectivity index (χ4v) is 2.64. The van der Waals surface area contributed by atoms with Crippen molar-refractivity contribution < 1.29 is 4.74 Å². The van der Waals surface area contributed by atoms with Crippen molar-refractivity contribution in [3.8, 4) is 5.75 Å². The molecule has 1 aliphatic heterocycles. The first-order valence-electron chi connectivity index (χ1n) is 7.85. The summed E-state index contributed by atoms with van der Waals surface area (Å²) in [6, 6.07) is 7.60. The molecule has 1 aromatic carbocycles. The molecule has 3 heteroatoms. The molecule has 0 radical (unpaired) electrons. The zero-order chi connectivity index (χ0) is 15.3. The van der Waals surface area contributed by atoms with E-state index < -0.39 is 0 Å². The van der Waals surface area contributed by atoms with Gasteiger partial charge in [0.15, 0.2) is 0 Å². The van der Waals surface area contributed by atoms with Crippen molar-refractivity contribution >= 4 is 5.69 Å². The van der Waals surface area contributed by atoms with Crippen molar-refractivity contribution in [2.75, 3.05) is 32.0 Å². The molecule has 116 valence electrons. The molecule has 0 spiro atoms. The molecule has 0 saturated carbocycles. The summed E-state index contributed by atoms with van der Waals surface area (Å²) < 4.78 is 5.73. The van der Waals surface area contributed by atoms with Gasteiger partial charge in [0.25, 0.3) is 0 Å². The molecule has 0 unspecified atom stereocenters. The van der Waals surface area contributed by atoms with Gasteiger partial charge in [0.2, 0.25) is 0 Å². The lowest BCUT2D eigenvalue weighted by Gasteiger charge is -2.32. The van der Waals surface area contributed by atoms with Gasteiger partial charge in [-0.15, -0.1) is 0 Å². The molecule has 0 aliphatic carbocycles. The Bertz CT molecular complexity index is 471. The van der Waals surface area contributed by atoms with E-state index in [1.165, 1.54) is 13.0 Å². The molecule has 0 bridgehead atoms. The molecular formula is C18H28N2O. The van der Waals surface area contributed by atoms with Crippen LogP contribution in [0.25, 0.3) is 0 Å². The summed E-state index contributed by atoms with van der Waals surface area (Å²) in [6.07, 6.45) is 4.66. The SMILES string of the molecule is CC(C)(C)C1=CCN(CCCOc2ccc(N)cc2)CC1. The van der Waals surface area contributed by atoms with E-state index in [1.54, 1.807) is 5.57 Å². The van der Waals surface area contributed by atoms with Crippen molar-refractivity contribution in [2.24, 2.45) is 5.41 Å². The van der Waals surface area contributed by atoms with Crippen LogP contribution in [0.15, 0.2) is 35.9 Å². The van der Waals surface area contributed by atoms with Gasteiger partial charge >= 0.3 is 0 Å². The zero-order valence-electron chi connectivity index (χ0n) is 13.6. The minimum Gasteiger partial charge on any atom is -0.494 e. The van der Waals surface area contributed by atoms with Crippen molar-refractivity contribution in [2.45, 2.75) is 33.6 Å². The van der Waals surface area contributed by atoms with Gasteiger partial charge in [0, 0.05) is 25.3 Å². The highest BCUT2D eigenvalue weighted by Gasteiger charge is 2.20. The first-order chi connectivity index (χ1) is 9.95. The highest BCUT2D eigenvalue weighted by molar-refractivity contribution is 5.41. The maximum absolute atomic E-state index is 5.73. The first kappa shape index (κ1) is 15.9. The van der Waals surface area contributed by atoms with Gasteiger partial charge in [0.05, 0.1) is 6.61 Å². The summed E-state index contributed by atoms with van der Waals surface area (Å²) in [6.45, 7) is 11.0. The number of rotatable bonds is 5. The van der Waals surface area contributed by atoms with Gasteiger partial charge in [0.1, 0.15) is 5.75 Å². The second-order valence-corrected chi connectivity index (χ2v) is 6.80. The molecule has 2 rings (SSSR count). The van der Waals surface area contributed by atoms with Crippen molar-refractivity contribution in [3.63, 3.8) is 0 Å². The summed E-state index contributed by atoms with van der Waals surface area (Å²) in [5.41, 5.74) is 8.35. The third-order valence-electron chi connectivity index (χ3n) is 4.02. The van der Waals surface area contributed by atoms with Crippen molar-refractivity contribution in [3.05, 3.63) is 35.9 Å². The van der Waals surface area contributed by atoms with E-state index in [-0.39, 0.29) is 0 Å². The summed E-state index contributed by atoms with van der Waals surface area (Å²) >= 11 is 0. The smallest absolute Gasteiger partial charge is 0.119 e. The van der Waals surface area contributed by atoms with Crippen LogP contribution >= 0.6 is 0 Å². The Morgan fingerprint density at radius 3 is 2.48 bits per heavy atom. The lowest BCUT2D eigenvalue weighted by atomic mass is 9.83. The number of hydrogen-bond donors (Lipinski definition) is 1. The Kier molecular flexibility index (Phi) is 5.29. The van der Waals surface area contributed by atoms with E-state index in [0.717, 1.165) is 37.6 Å². The lowest BCUT2D eigenvalue weighted by molar-refractivity contribution is 0.238. The third-order valence-corrected chi connectivity index (χ3v) is 4.02. The minimum atomic E-state index is 0.324. The predicted octanol–water partition coefficient (Wildman–Crippen LogP) is 3.72. The maximum Gasteiger partial charge on any atom is 0.119 e. The average molecular weight is 288 g/mol. The number of nitrogen functional groups attached to an aromatic ring is 1. The van der Waals surface area contributed by atoms with Crippen LogP contribution in [-0.4, -0.2) is 31.1 Å². The Morgan fingerprint density at radius 2 is 1.90 bits per heavy atom. The number of ether oxygens (including phenoxy) is 1. The van der Waals surface area contributed by atoms with Crippen LogP contribution in [0.1, 0.15) is 33.6 Å². The summed E-state index contributed by atoms with van der Waals surface area (Å²) in [7, 11) is 0. The topological polar surface area (TPSA) is 38.5 Å². The second kappa shape index (κ2) is 6.99. The Balaban J connectivity index is 1.66. The average Bonchev–Trinajstić information content (AvgIpc) is 2.45. The molecule has 0 fully saturated rings. The van der Waals surface area contributed by atoms with Crippen LogP contribution in [0.5, 0.6) is 5.75 Å². The Hall–Kier alpha value is -1.48. The lowest BCUT2D eigenvalue weighted by Crippen LogP contribution is -2.32. The number of hydrogen-bond acceptors (Lipinski definition) is 3. The van der Waals surface area contributed by atoms with E-state index >= 15 is 0 Å². The van der Waals surface area contributed by atoms with Crippen LogP contribution in [-0.2, 0) is 0 Å². The van der Waals surface area contributed by atoms with Gasteiger partial charge in [-0.25, -0.2) is 0 Å². The molecule has 0 amide bonds. The molecule has 0 saturated heterocycles. The van der Waals surface area contributed by atoms with Crippen molar-refractivity contribution in [1.29, 1.82) is 0 Å². The quantitative estimate of drug-likeness (QED) is 0.510. The maximum atomic E-state index is 5.73. The molecule has 2 N–H and O–H groups in total. The number of benzene rings is 1. The molecule has 21 heavy (non-hydrogen) atoms. The van der Waals surface area contributed by atoms with Gasteiger partial charge in [-0.05, 0) is 42.5 Å². The highest BCUT2D eigenvalue weighted by Crippen LogP contribution is 2.29. The Morgan fingerprint density at radius 1 is 1.19 bits per heavy atom. The summed E-state index contributed by atoms with van der Waals surface area (Å²) in [4.78, 5) is 2.50. The monoisotopic (exact) mass is 288 g/mol. The molecule has 0 aromatic heterocycles. The fraction of sp³-hybridized carbons (Fsp3) is 0.556. The van der Waals surface area contributed by atoms with Gasteiger partial charge < -0.3 is 10.5 Å². The molecular weight excluding hydrogens is 260 g/mol. The number of anilines is 1. The zero-order valence-corrected chi connectivity index (χ0v) is 13.6. The minimum absolute atomic E-state index is 0.324. The number of nitrogens with two attached hydrogens (primary N) is 1. The Labute approximate surface area is 128 Å². The first-order valence-corrected chi connectivity index (χ1v) is 7.85. The normalized spacial score (nSPS) is 16.6. The molecule has 1 aliphatic rings. The van der Waals surface area contributed by atoms with E-state index in [0.29, 0.717) is 5.41 Å². The van der Waals surface area contributed by atoms with Crippen LogP contribution in [0, 0.1) is 5.41 Å². The standard InChI is InChI=1S/C18H28N2O/c1-18(2,3)15-9-12-20(13-10-15)11-4-14-21-17-7-5-16(19)6-8-17/h5-9H,4,10-14,19H2,1-3H3.